The van der Waals surface area contributed by atoms with Crippen LogP contribution in [0.3, 0.4) is 0 Å². The quantitative estimate of drug-likeness (QED) is 0.00898. The normalized spacial score (nSPS) is 10.8. The van der Waals surface area contributed by atoms with Crippen molar-refractivity contribution in [1.29, 1.82) is 4.35 Å². The number of hydrogen-bond acceptors (Lipinski definition) is 15. The number of alkyl halides is 3. The summed E-state index contributed by atoms with van der Waals surface area (Å²) in [6.07, 6.45) is 13.5. The summed E-state index contributed by atoms with van der Waals surface area (Å²) >= 11 is 1.67. The molecule has 0 atom stereocenters. The van der Waals surface area contributed by atoms with Crippen molar-refractivity contribution in [2.24, 2.45) is 5.41 Å². The van der Waals surface area contributed by atoms with Gasteiger partial charge in [0.1, 0.15) is 23.0 Å². The molecule has 0 aliphatic heterocycles. The SMILES string of the molecule is C=C(C)C(=O)OCCCCCCCCOc1ccc(C(=O)Oc2ccc(/C=C/C(=O)OCC(F)(F)F)cc2C)cc1.CCOC(=O)/C=C/c1ccc(OC(=O)c2ccc(OCCCCCCCCOC(=O)C(C)(C)CC)cc2)c(C)c1.[B].[CH3-].[NH]=[Al]. The number of halogens is 3. The zero-order chi connectivity index (χ0) is 61.6. The molecule has 0 amide bonds. The fourth-order valence-electron chi connectivity index (χ4n) is 7.19. The van der Waals surface area contributed by atoms with E-state index in [-0.39, 0.29) is 27.8 Å². The Balaban J connectivity index is 0.00000158. The molecular formula is C65H83AlBF3NO14-. The number of nitrogens with one attached hydrogen (secondary N) is 1. The van der Waals surface area contributed by atoms with Gasteiger partial charge in [-0.25, -0.2) is 24.0 Å². The minimum absolute atomic E-state index is 0. The average Bonchev–Trinajstić information content (AvgIpc) is 3.49. The maximum atomic E-state index is 12.6. The van der Waals surface area contributed by atoms with Crippen LogP contribution in [0.2, 0.25) is 0 Å². The number of rotatable bonds is 33. The second kappa shape index (κ2) is 43.4. The van der Waals surface area contributed by atoms with Gasteiger partial charge in [-0.2, -0.15) is 13.2 Å². The summed E-state index contributed by atoms with van der Waals surface area (Å²) in [4.78, 5) is 71.3. The fraction of sp³-hybridized carbons (Fsp3) is 0.431. The molecular weight excluding hydrogens is 1110 g/mol. The summed E-state index contributed by atoms with van der Waals surface area (Å²) in [6.45, 7) is 17.0. The van der Waals surface area contributed by atoms with Crippen LogP contribution in [0.1, 0.15) is 161 Å². The first kappa shape index (κ1) is 77.7. The second-order valence-corrected chi connectivity index (χ2v) is 19.7. The van der Waals surface area contributed by atoms with Crippen molar-refractivity contribution in [3.8, 4) is 23.0 Å². The molecule has 0 spiro atoms. The number of hydrogen-bond donors (Lipinski definition) is 1. The molecule has 4 aromatic rings. The fourth-order valence-corrected chi connectivity index (χ4v) is 7.19. The standard InChI is InChI=1S/C33H44O7.C31H35F3O7.CH3.Al.B.HN/c1-6-33(4,5)32(36)39-23-13-11-9-8-10-12-22-38-28-18-16-27(17-19-28)31(35)40-29-20-14-26(24-25(29)3)15-21-30(34)37-7-2;1-22(2)29(36)39-19-9-7-5-4-6-8-18-38-26-14-12-25(13-15-26)30(37)41-27-16-10-24(20-23(27)3)11-17-28(35)40-21-31(32,33)34;;;;/h14-21,24H,6-13,22-23H2,1-5H3;10-17,20H,1,4-9,18-19,21H2,2-3H3;1H3;;;1H/q;;-1;;;/b21-15+;17-11+;;;;. The summed E-state index contributed by atoms with van der Waals surface area (Å²) in [7, 11) is 0. The molecule has 20 heteroatoms. The van der Waals surface area contributed by atoms with Gasteiger partial charge < -0.3 is 45.3 Å². The number of esters is 6. The molecule has 0 aliphatic carbocycles. The van der Waals surface area contributed by atoms with E-state index >= 15 is 0 Å². The van der Waals surface area contributed by atoms with Crippen LogP contribution in [0.15, 0.2) is 109 Å². The molecule has 0 aromatic heterocycles. The van der Waals surface area contributed by atoms with Crippen LogP contribution in [0.4, 0.5) is 13.2 Å². The Morgan fingerprint density at radius 1 is 0.553 bits per heavy atom. The second-order valence-electron chi connectivity index (χ2n) is 19.7. The van der Waals surface area contributed by atoms with E-state index in [9.17, 15) is 41.9 Å². The number of aryl methyl sites for hydroxylation is 2. The molecule has 4 radical (unpaired) electrons. The monoisotopic (exact) mass is 1200 g/mol. The van der Waals surface area contributed by atoms with E-state index in [1.807, 2.05) is 33.8 Å². The Kier molecular flexibility index (Phi) is 39.6. The van der Waals surface area contributed by atoms with Crippen molar-refractivity contribution in [1.82, 2.24) is 0 Å². The van der Waals surface area contributed by atoms with Crippen molar-refractivity contribution < 1.29 is 79.8 Å². The molecule has 0 unspecified atom stereocenters. The molecule has 0 fully saturated rings. The van der Waals surface area contributed by atoms with Crippen LogP contribution in [0, 0.1) is 31.0 Å². The van der Waals surface area contributed by atoms with Crippen LogP contribution in [0.25, 0.3) is 12.2 Å². The van der Waals surface area contributed by atoms with Crippen molar-refractivity contribution in [2.75, 3.05) is 39.6 Å². The molecule has 0 aliphatic rings. The molecule has 0 saturated carbocycles. The van der Waals surface area contributed by atoms with E-state index in [0.29, 0.717) is 83.9 Å². The topological polar surface area (TPSA) is 200 Å². The van der Waals surface area contributed by atoms with Crippen molar-refractivity contribution in [3.05, 3.63) is 150 Å². The van der Waals surface area contributed by atoms with Gasteiger partial charge in [-0.05, 0) is 181 Å². The number of carbonyl (C=O) groups excluding carboxylic acids is 6. The van der Waals surface area contributed by atoms with Crippen LogP contribution in [-0.4, -0.2) is 106 Å². The summed E-state index contributed by atoms with van der Waals surface area (Å²) in [6, 6.07) is 23.6. The van der Waals surface area contributed by atoms with Gasteiger partial charge in [-0.3, -0.25) is 4.79 Å². The number of benzene rings is 4. The Bertz CT molecular complexity index is 2730. The number of carbonyl (C=O) groups is 6. The molecule has 85 heavy (non-hydrogen) atoms. The number of unbranched alkanes of at least 4 members (excludes halogenated alkanes) is 10. The first-order valence-corrected chi connectivity index (χ1v) is 28.3. The maximum absolute atomic E-state index is 12.6. The molecule has 0 saturated heterocycles. The molecule has 0 heterocycles. The molecule has 4 aromatic carbocycles. The van der Waals surface area contributed by atoms with E-state index in [4.69, 9.17) is 37.5 Å². The predicted molar refractivity (Wildman–Crippen MR) is 325 cm³/mol. The molecule has 15 nitrogen and oxygen atoms in total. The van der Waals surface area contributed by atoms with E-state index in [1.165, 1.54) is 18.2 Å². The van der Waals surface area contributed by atoms with Crippen molar-refractivity contribution >= 4 is 72.5 Å². The first-order chi connectivity index (χ1) is 39.6. The zero-order valence-electron chi connectivity index (χ0n) is 50.5. The van der Waals surface area contributed by atoms with Gasteiger partial charge >= 0.3 is 62.4 Å². The average molecular weight is 1200 g/mol. The molecule has 460 valence electrons. The van der Waals surface area contributed by atoms with Gasteiger partial charge in [0.25, 0.3) is 0 Å². The summed E-state index contributed by atoms with van der Waals surface area (Å²) in [5, 5.41) is 0. The molecule has 4 rings (SSSR count). The van der Waals surface area contributed by atoms with Gasteiger partial charge in [0.15, 0.2) is 6.61 Å². The third-order valence-electron chi connectivity index (χ3n) is 12.3. The Labute approximate surface area is 510 Å². The van der Waals surface area contributed by atoms with Crippen molar-refractivity contribution in [3.63, 3.8) is 0 Å². The van der Waals surface area contributed by atoms with E-state index in [2.05, 4.69) is 11.3 Å². The van der Waals surface area contributed by atoms with E-state index in [0.717, 1.165) is 101 Å². The Hall–Kier alpha value is -7.29. The van der Waals surface area contributed by atoms with Gasteiger partial charge in [0, 0.05) is 26.1 Å². The van der Waals surface area contributed by atoms with Crippen LogP contribution < -0.4 is 18.9 Å². The van der Waals surface area contributed by atoms with Gasteiger partial charge in [0.05, 0.1) is 49.6 Å². The van der Waals surface area contributed by atoms with Crippen LogP contribution >= 0.6 is 0 Å². The summed E-state index contributed by atoms with van der Waals surface area (Å²) in [5.74, 6) is -0.871. The predicted octanol–water partition coefficient (Wildman–Crippen LogP) is 14.6. The van der Waals surface area contributed by atoms with E-state index in [1.54, 1.807) is 116 Å². The molecule has 0 bridgehead atoms. The van der Waals surface area contributed by atoms with Gasteiger partial charge in [-0.1, -0.05) is 77.0 Å². The first-order valence-electron chi connectivity index (χ1n) is 27.8. The third-order valence-corrected chi connectivity index (χ3v) is 12.3. The summed E-state index contributed by atoms with van der Waals surface area (Å²) < 4.78 is 84.0. The Morgan fingerprint density at radius 2 is 0.929 bits per heavy atom. The Morgan fingerprint density at radius 3 is 1.29 bits per heavy atom. The zero-order valence-corrected chi connectivity index (χ0v) is 51.7. The van der Waals surface area contributed by atoms with Gasteiger partial charge in [-0.15, -0.1) is 0 Å². The van der Waals surface area contributed by atoms with Crippen LogP contribution in [-0.2, 0) is 38.1 Å². The van der Waals surface area contributed by atoms with E-state index < -0.39 is 42.1 Å². The molecule has 1 N–H and O–H groups in total. The van der Waals surface area contributed by atoms with Crippen LogP contribution in [0.5, 0.6) is 23.0 Å². The van der Waals surface area contributed by atoms with Crippen molar-refractivity contribution in [2.45, 2.75) is 138 Å². The third kappa shape index (κ3) is 33.7. The van der Waals surface area contributed by atoms with Gasteiger partial charge in [0.2, 0.25) is 0 Å². The number of ether oxygens (including phenoxy) is 8. The minimum atomic E-state index is -4.59. The summed E-state index contributed by atoms with van der Waals surface area (Å²) in [5.41, 5.74) is 3.48.